The molecule has 19 heavy (non-hydrogen) atoms. The van der Waals surface area contributed by atoms with Gasteiger partial charge in [-0.1, -0.05) is 12.8 Å². The van der Waals surface area contributed by atoms with Gasteiger partial charge in [-0.3, -0.25) is 9.59 Å². The Labute approximate surface area is 114 Å². The van der Waals surface area contributed by atoms with Gasteiger partial charge >= 0.3 is 0 Å². The third-order valence-corrected chi connectivity index (χ3v) is 4.40. The van der Waals surface area contributed by atoms with E-state index in [1.807, 2.05) is 0 Å². The number of hydrogen-bond donors (Lipinski definition) is 3. The van der Waals surface area contributed by atoms with Crippen molar-refractivity contribution in [3.8, 4) is 0 Å². The van der Waals surface area contributed by atoms with Crippen molar-refractivity contribution < 1.29 is 9.59 Å². The smallest absolute Gasteiger partial charge is 0.242 e. The van der Waals surface area contributed by atoms with Gasteiger partial charge in [0.2, 0.25) is 11.8 Å². The van der Waals surface area contributed by atoms with Crippen LogP contribution in [0, 0.1) is 11.8 Å². The van der Waals surface area contributed by atoms with Gasteiger partial charge in [-0.15, -0.1) is 0 Å². The second-order valence-corrected chi connectivity index (χ2v) is 5.73. The Kier molecular flexibility index (Phi) is 5.19. The van der Waals surface area contributed by atoms with Crippen LogP contribution in [0.1, 0.15) is 44.9 Å². The van der Waals surface area contributed by atoms with Crippen molar-refractivity contribution in [2.24, 2.45) is 17.6 Å². The van der Waals surface area contributed by atoms with Crippen molar-refractivity contribution in [3.05, 3.63) is 0 Å². The summed E-state index contributed by atoms with van der Waals surface area (Å²) in [6.07, 6.45) is 6.91. The van der Waals surface area contributed by atoms with E-state index in [-0.39, 0.29) is 29.7 Å². The zero-order valence-corrected chi connectivity index (χ0v) is 11.5. The topological polar surface area (TPSA) is 84.2 Å². The zero-order chi connectivity index (χ0) is 13.7. The Balaban J connectivity index is 1.93. The lowest BCUT2D eigenvalue weighted by Gasteiger charge is -2.30. The first-order valence-electron chi connectivity index (χ1n) is 7.50. The number of rotatable bonds is 3. The molecule has 3 atom stereocenters. The molecule has 2 fully saturated rings. The summed E-state index contributed by atoms with van der Waals surface area (Å²) in [5, 5.41) is 5.79. The largest absolute Gasteiger partial charge is 0.354 e. The maximum absolute atomic E-state index is 12.3. The average molecular weight is 267 g/mol. The summed E-state index contributed by atoms with van der Waals surface area (Å²) in [5.74, 6) is 0.264. The molecule has 0 aromatic carbocycles. The van der Waals surface area contributed by atoms with Crippen LogP contribution in [0.2, 0.25) is 0 Å². The van der Waals surface area contributed by atoms with E-state index in [2.05, 4.69) is 10.6 Å². The minimum atomic E-state index is -0.352. The Morgan fingerprint density at radius 3 is 2.74 bits per heavy atom. The molecule has 0 bridgehead atoms. The first-order valence-corrected chi connectivity index (χ1v) is 7.50. The number of carbonyl (C=O) groups is 2. The number of amides is 2. The highest BCUT2D eigenvalue weighted by atomic mass is 16.2. The molecule has 1 aliphatic heterocycles. The number of carbonyl (C=O) groups excluding carboxylic acids is 2. The molecule has 4 N–H and O–H groups in total. The van der Waals surface area contributed by atoms with E-state index in [0.717, 1.165) is 51.5 Å². The number of nitrogens with two attached hydrogens (primary N) is 1. The van der Waals surface area contributed by atoms with Crippen LogP contribution in [0.5, 0.6) is 0 Å². The molecule has 0 aromatic rings. The molecule has 1 saturated heterocycles. The van der Waals surface area contributed by atoms with E-state index >= 15 is 0 Å². The van der Waals surface area contributed by atoms with Crippen molar-refractivity contribution in [3.63, 3.8) is 0 Å². The van der Waals surface area contributed by atoms with Gasteiger partial charge in [0.05, 0.1) is 0 Å². The van der Waals surface area contributed by atoms with E-state index in [1.165, 1.54) is 0 Å². The predicted octanol–water partition coefficient (Wildman–Crippen LogP) is 0.536. The summed E-state index contributed by atoms with van der Waals surface area (Å²) in [7, 11) is 0. The summed E-state index contributed by atoms with van der Waals surface area (Å²) in [6.45, 7) is 1.29. The van der Waals surface area contributed by atoms with Crippen LogP contribution in [-0.2, 0) is 9.59 Å². The Morgan fingerprint density at radius 2 is 1.95 bits per heavy atom. The summed E-state index contributed by atoms with van der Waals surface area (Å²) >= 11 is 0. The van der Waals surface area contributed by atoms with E-state index in [0.29, 0.717) is 6.54 Å². The van der Waals surface area contributed by atoms with Crippen LogP contribution in [0.3, 0.4) is 0 Å². The van der Waals surface area contributed by atoms with Crippen LogP contribution in [-0.4, -0.2) is 30.9 Å². The molecular formula is C14H25N3O2. The molecule has 2 amide bonds. The molecule has 0 radical (unpaired) electrons. The van der Waals surface area contributed by atoms with E-state index in [1.54, 1.807) is 0 Å². The summed E-state index contributed by atoms with van der Waals surface area (Å²) in [4.78, 5) is 24.2. The SMILES string of the molecule is NCC1CCCCC1C(=O)NC1CCCCNC1=O. The molecule has 2 rings (SSSR count). The predicted molar refractivity (Wildman–Crippen MR) is 73.3 cm³/mol. The normalized spacial score (nSPS) is 32.3. The maximum atomic E-state index is 12.3. The standard InChI is InChI=1S/C14H25N3O2/c15-9-10-5-1-2-6-11(10)13(18)17-12-7-3-4-8-16-14(12)19/h10-12H,1-9,15H2,(H,16,19)(H,17,18). The van der Waals surface area contributed by atoms with Gasteiger partial charge in [0.15, 0.2) is 0 Å². The number of hydrogen-bond acceptors (Lipinski definition) is 3. The molecule has 5 heteroatoms. The lowest BCUT2D eigenvalue weighted by Crippen LogP contribution is -2.49. The van der Waals surface area contributed by atoms with Crippen LogP contribution in [0.15, 0.2) is 0 Å². The summed E-state index contributed by atoms with van der Waals surface area (Å²) < 4.78 is 0. The first kappa shape index (κ1) is 14.3. The lowest BCUT2D eigenvalue weighted by atomic mass is 9.78. The molecule has 1 aliphatic carbocycles. The van der Waals surface area contributed by atoms with Crippen LogP contribution >= 0.6 is 0 Å². The Bertz CT molecular complexity index is 333. The molecule has 3 unspecified atom stereocenters. The molecule has 1 saturated carbocycles. The van der Waals surface area contributed by atoms with Crippen molar-refractivity contribution in [2.75, 3.05) is 13.1 Å². The van der Waals surface area contributed by atoms with Gasteiger partial charge < -0.3 is 16.4 Å². The molecule has 0 spiro atoms. The lowest BCUT2D eigenvalue weighted by molar-refractivity contribution is -0.132. The highest BCUT2D eigenvalue weighted by molar-refractivity contribution is 5.88. The fourth-order valence-corrected chi connectivity index (χ4v) is 3.19. The zero-order valence-electron chi connectivity index (χ0n) is 11.5. The second kappa shape index (κ2) is 6.89. The van der Waals surface area contributed by atoms with Gasteiger partial charge in [0.1, 0.15) is 6.04 Å². The van der Waals surface area contributed by atoms with E-state index < -0.39 is 0 Å². The second-order valence-electron chi connectivity index (χ2n) is 5.73. The van der Waals surface area contributed by atoms with Gasteiger partial charge in [0.25, 0.3) is 0 Å². The van der Waals surface area contributed by atoms with E-state index in [9.17, 15) is 9.59 Å². The van der Waals surface area contributed by atoms with Crippen molar-refractivity contribution >= 4 is 11.8 Å². The van der Waals surface area contributed by atoms with Crippen molar-refractivity contribution in [1.29, 1.82) is 0 Å². The summed E-state index contributed by atoms with van der Waals surface area (Å²) in [6, 6.07) is -0.352. The van der Waals surface area contributed by atoms with Crippen LogP contribution in [0.4, 0.5) is 0 Å². The minimum absolute atomic E-state index is 0.00481. The fraction of sp³-hybridized carbons (Fsp3) is 0.857. The molecule has 2 aliphatic rings. The number of nitrogens with one attached hydrogen (secondary N) is 2. The van der Waals surface area contributed by atoms with Crippen molar-refractivity contribution in [2.45, 2.75) is 51.0 Å². The Morgan fingerprint density at radius 1 is 1.21 bits per heavy atom. The van der Waals surface area contributed by atoms with Gasteiger partial charge in [-0.25, -0.2) is 0 Å². The highest BCUT2D eigenvalue weighted by Crippen LogP contribution is 2.29. The molecule has 0 aromatic heterocycles. The molecule has 1 heterocycles. The molecular weight excluding hydrogens is 242 g/mol. The molecule has 5 nitrogen and oxygen atoms in total. The van der Waals surface area contributed by atoms with E-state index in [4.69, 9.17) is 5.73 Å². The monoisotopic (exact) mass is 267 g/mol. The minimum Gasteiger partial charge on any atom is -0.354 e. The summed E-state index contributed by atoms with van der Waals surface area (Å²) in [5.41, 5.74) is 5.76. The average Bonchev–Trinajstić information content (AvgIpc) is 2.64. The van der Waals surface area contributed by atoms with Crippen LogP contribution < -0.4 is 16.4 Å². The van der Waals surface area contributed by atoms with Crippen LogP contribution in [0.25, 0.3) is 0 Å². The quantitative estimate of drug-likeness (QED) is 0.697. The highest BCUT2D eigenvalue weighted by Gasteiger charge is 2.32. The van der Waals surface area contributed by atoms with Gasteiger partial charge in [0, 0.05) is 12.5 Å². The third-order valence-electron chi connectivity index (χ3n) is 4.40. The van der Waals surface area contributed by atoms with Crippen molar-refractivity contribution in [1.82, 2.24) is 10.6 Å². The fourth-order valence-electron chi connectivity index (χ4n) is 3.19. The maximum Gasteiger partial charge on any atom is 0.242 e. The first-order chi connectivity index (χ1) is 9.22. The third kappa shape index (κ3) is 3.69. The van der Waals surface area contributed by atoms with Gasteiger partial charge in [-0.2, -0.15) is 0 Å². The Hall–Kier alpha value is -1.10. The molecule has 108 valence electrons. The van der Waals surface area contributed by atoms with Gasteiger partial charge in [-0.05, 0) is 44.6 Å².